The predicted molar refractivity (Wildman–Crippen MR) is 51.4 cm³/mol. The third-order valence-corrected chi connectivity index (χ3v) is 3.80. The molecule has 94 valence electrons. The average molecular weight is 257 g/mol. The Morgan fingerprint density at radius 1 is 1.44 bits per heavy atom. The van der Waals surface area contributed by atoms with Crippen molar-refractivity contribution in [1.29, 1.82) is 0 Å². The summed E-state index contributed by atoms with van der Waals surface area (Å²) in [6.45, 7) is -0.232. The molecule has 0 aromatic carbocycles. The van der Waals surface area contributed by atoms with E-state index in [4.69, 9.17) is 5.11 Å². The van der Waals surface area contributed by atoms with Gasteiger partial charge >= 0.3 is 11.7 Å². The topological polar surface area (TPSA) is 83.5 Å². The molecule has 2 atom stereocenters. The number of aliphatic carboxylic acids is 1. The molecule has 0 aliphatic heterocycles. The smallest absolute Gasteiger partial charge is 0.350 e. The number of carboxylic acid groups (broad SMARTS) is 1. The zero-order valence-corrected chi connectivity index (χ0v) is 9.21. The highest BCUT2D eigenvalue weighted by molar-refractivity contribution is 7.89. The number of nitrogens with one attached hydrogen (secondary N) is 1. The molecule has 0 amide bonds. The Labute approximate surface area is 91.9 Å². The maximum atomic E-state index is 12.0. The lowest BCUT2D eigenvalue weighted by Crippen LogP contribution is -2.36. The van der Waals surface area contributed by atoms with Crippen LogP contribution in [0.1, 0.15) is 19.3 Å². The van der Waals surface area contributed by atoms with Gasteiger partial charge in [-0.25, -0.2) is 13.1 Å². The van der Waals surface area contributed by atoms with E-state index in [0.717, 1.165) is 0 Å². The van der Waals surface area contributed by atoms with E-state index in [1.165, 1.54) is 0 Å². The number of carbonyl (C=O) groups is 1. The summed E-state index contributed by atoms with van der Waals surface area (Å²) in [5.74, 6) is -5.51. The predicted octanol–water partition coefficient (Wildman–Crippen LogP) is 0.629. The van der Waals surface area contributed by atoms with Crippen LogP contribution in [0.4, 0.5) is 8.78 Å². The van der Waals surface area contributed by atoms with Crippen LogP contribution in [0.25, 0.3) is 0 Å². The fourth-order valence-corrected chi connectivity index (χ4v) is 2.46. The fraction of sp³-hybridized carbons (Fsp3) is 0.875. The van der Waals surface area contributed by atoms with Crippen LogP contribution in [-0.4, -0.2) is 31.8 Å². The molecule has 5 nitrogen and oxygen atoms in total. The highest BCUT2D eigenvalue weighted by Gasteiger charge is 2.34. The summed E-state index contributed by atoms with van der Waals surface area (Å²) in [7, 11) is -4.61. The highest BCUT2D eigenvalue weighted by atomic mass is 32.2. The van der Waals surface area contributed by atoms with E-state index in [0.29, 0.717) is 19.3 Å². The van der Waals surface area contributed by atoms with Gasteiger partial charge in [-0.2, -0.15) is 8.78 Å². The first-order valence-electron chi connectivity index (χ1n) is 4.84. The number of carboxylic acids is 1. The third kappa shape index (κ3) is 3.11. The van der Waals surface area contributed by atoms with E-state index >= 15 is 0 Å². The Morgan fingerprint density at radius 3 is 2.56 bits per heavy atom. The molecule has 2 unspecified atom stereocenters. The Hall–Kier alpha value is -0.760. The van der Waals surface area contributed by atoms with Crippen LogP contribution in [0, 0.1) is 11.8 Å². The zero-order valence-electron chi connectivity index (χ0n) is 8.40. The van der Waals surface area contributed by atoms with Gasteiger partial charge in [0.15, 0.2) is 0 Å². The first kappa shape index (κ1) is 13.3. The molecule has 0 radical (unpaired) electrons. The van der Waals surface area contributed by atoms with Gasteiger partial charge in [-0.3, -0.25) is 4.79 Å². The molecule has 16 heavy (non-hydrogen) atoms. The van der Waals surface area contributed by atoms with Crippen molar-refractivity contribution in [2.24, 2.45) is 11.8 Å². The standard InChI is InChI=1S/C8H13F2NO4S/c9-8(10)16(14,15)11-4-5-2-1-3-6(5)7(12)13/h5-6,8,11H,1-4H2,(H,12,13). The normalized spacial score (nSPS) is 26.2. The van der Waals surface area contributed by atoms with Crippen LogP contribution in [0.3, 0.4) is 0 Å². The number of rotatable bonds is 5. The van der Waals surface area contributed by atoms with Crippen molar-refractivity contribution in [3.05, 3.63) is 0 Å². The maximum Gasteiger partial charge on any atom is 0.350 e. The van der Waals surface area contributed by atoms with E-state index in [1.54, 1.807) is 4.72 Å². The Balaban J connectivity index is 2.53. The molecule has 0 heterocycles. The molecular formula is C8H13F2NO4S. The van der Waals surface area contributed by atoms with Crippen molar-refractivity contribution in [3.63, 3.8) is 0 Å². The van der Waals surface area contributed by atoms with Gasteiger partial charge in [0.1, 0.15) is 0 Å². The zero-order chi connectivity index (χ0) is 12.3. The molecule has 1 aliphatic carbocycles. The van der Waals surface area contributed by atoms with Crippen molar-refractivity contribution in [1.82, 2.24) is 4.72 Å². The summed E-state index contributed by atoms with van der Waals surface area (Å²) >= 11 is 0. The molecular weight excluding hydrogens is 244 g/mol. The van der Waals surface area contributed by atoms with Gasteiger partial charge in [-0.15, -0.1) is 0 Å². The largest absolute Gasteiger partial charge is 0.481 e. The van der Waals surface area contributed by atoms with Crippen LogP contribution in [0.15, 0.2) is 0 Å². The minimum Gasteiger partial charge on any atom is -0.481 e. The molecule has 0 aromatic heterocycles. The third-order valence-electron chi connectivity index (χ3n) is 2.76. The molecule has 1 saturated carbocycles. The number of hydrogen-bond acceptors (Lipinski definition) is 3. The molecule has 1 fully saturated rings. The second-order valence-corrected chi connectivity index (χ2v) is 5.52. The number of hydrogen-bond donors (Lipinski definition) is 2. The van der Waals surface area contributed by atoms with Crippen LogP contribution in [0.2, 0.25) is 0 Å². The average Bonchev–Trinajstić information content (AvgIpc) is 2.62. The van der Waals surface area contributed by atoms with E-state index in [-0.39, 0.29) is 6.54 Å². The van der Waals surface area contributed by atoms with E-state index in [2.05, 4.69) is 0 Å². The second-order valence-electron chi connectivity index (χ2n) is 3.79. The quantitative estimate of drug-likeness (QED) is 0.756. The monoisotopic (exact) mass is 257 g/mol. The van der Waals surface area contributed by atoms with Gasteiger partial charge in [-0.1, -0.05) is 6.42 Å². The fourth-order valence-electron chi connectivity index (χ4n) is 1.89. The van der Waals surface area contributed by atoms with Crippen LogP contribution < -0.4 is 4.72 Å². The summed E-state index contributed by atoms with van der Waals surface area (Å²) in [6.07, 6.45) is 1.69. The number of alkyl halides is 2. The van der Waals surface area contributed by atoms with E-state index in [1.807, 2.05) is 0 Å². The summed E-state index contributed by atoms with van der Waals surface area (Å²) in [5.41, 5.74) is 0. The molecule has 0 aromatic rings. The highest BCUT2D eigenvalue weighted by Crippen LogP contribution is 2.31. The summed E-state index contributed by atoms with van der Waals surface area (Å²) in [5, 5.41) is 8.80. The summed E-state index contributed by atoms with van der Waals surface area (Å²) < 4.78 is 47.2. The van der Waals surface area contributed by atoms with Crippen molar-refractivity contribution < 1.29 is 27.1 Å². The lowest BCUT2D eigenvalue weighted by molar-refractivity contribution is -0.142. The summed E-state index contributed by atoms with van der Waals surface area (Å²) in [6, 6.07) is 0. The van der Waals surface area contributed by atoms with Crippen molar-refractivity contribution >= 4 is 16.0 Å². The van der Waals surface area contributed by atoms with Gasteiger partial charge in [-0.05, 0) is 18.8 Å². The Kier molecular flexibility index (Phi) is 4.20. The van der Waals surface area contributed by atoms with Gasteiger partial charge in [0.2, 0.25) is 0 Å². The lowest BCUT2D eigenvalue weighted by Gasteiger charge is -2.15. The van der Waals surface area contributed by atoms with Crippen molar-refractivity contribution in [2.75, 3.05) is 6.54 Å². The van der Waals surface area contributed by atoms with Crippen LogP contribution in [-0.2, 0) is 14.8 Å². The number of sulfonamides is 1. The van der Waals surface area contributed by atoms with Gasteiger partial charge in [0.05, 0.1) is 5.92 Å². The Morgan fingerprint density at radius 2 is 2.06 bits per heavy atom. The molecule has 8 heteroatoms. The Bertz CT molecular complexity index is 357. The first-order valence-corrected chi connectivity index (χ1v) is 6.38. The van der Waals surface area contributed by atoms with Crippen molar-refractivity contribution in [2.45, 2.75) is 25.0 Å². The summed E-state index contributed by atoms with van der Waals surface area (Å²) in [4.78, 5) is 10.7. The lowest BCUT2D eigenvalue weighted by atomic mass is 9.97. The first-order chi connectivity index (χ1) is 7.34. The second kappa shape index (κ2) is 5.05. The molecule has 2 N–H and O–H groups in total. The van der Waals surface area contributed by atoms with Gasteiger partial charge < -0.3 is 5.11 Å². The molecule has 1 aliphatic rings. The minimum absolute atomic E-state index is 0.232. The van der Waals surface area contributed by atoms with Crippen LogP contribution in [0.5, 0.6) is 0 Å². The minimum atomic E-state index is -4.61. The van der Waals surface area contributed by atoms with Gasteiger partial charge in [0, 0.05) is 6.54 Å². The number of halogens is 2. The molecule has 0 spiro atoms. The molecule has 1 rings (SSSR count). The van der Waals surface area contributed by atoms with Crippen LogP contribution >= 0.6 is 0 Å². The van der Waals surface area contributed by atoms with E-state index in [9.17, 15) is 22.0 Å². The van der Waals surface area contributed by atoms with Gasteiger partial charge in [0.25, 0.3) is 10.0 Å². The molecule has 0 bridgehead atoms. The SMILES string of the molecule is O=C(O)C1CCCC1CNS(=O)(=O)C(F)F. The van der Waals surface area contributed by atoms with E-state index < -0.39 is 33.6 Å². The molecule has 0 saturated heterocycles. The van der Waals surface area contributed by atoms with Crippen molar-refractivity contribution in [3.8, 4) is 0 Å². The maximum absolute atomic E-state index is 12.0.